The average Bonchev–Trinajstić information content (AvgIpc) is 2.84. The zero-order chi connectivity index (χ0) is 13.0. The van der Waals surface area contributed by atoms with E-state index in [1.165, 1.54) is 26.4 Å². The SMILES string of the molecule is COC(=O)c1occc1CNC1C2C3CCC(C3)C12. The second-order valence-corrected chi connectivity index (χ2v) is 6.16. The van der Waals surface area contributed by atoms with E-state index in [2.05, 4.69) is 5.32 Å². The first kappa shape index (κ1) is 11.5. The number of hydrogen-bond acceptors (Lipinski definition) is 4. The summed E-state index contributed by atoms with van der Waals surface area (Å²) in [5.74, 6) is 3.70. The highest BCUT2D eigenvalue weighted by molar-refractivity contribution is 5.87. The Hall–Kier alpha value is -1.29. The van der Waals surface area contributed by atoms with Gasteiger partial charge in [-0.3, -0.25) is 0 Å². The highest BCUT2D eigenvalue weighted by atomic mass is 16.5. The van der Waals surface area contributed by atoms with Gasteiger partial charge in [0.15, 0.2) is 0 Å². The molecule has 4 heteroatoms. The molecule has 0 aliphatic heterocycles. The van der Waals surface area contributed by atoms with Crippen LogP contribution < -0.4 is 5.32 Å². The maximum atomic E-state index is 11.5. The fraction of sp³-hybridized carbons (Fsp3) is 0.667. The van der Waals surface area contributed by atoms with Crippen molar-refractivity contribution in [1.29, 1.82) is 0 Å². The second kappa shape index (κ2) is 4.10. The predicted molar refractivity (Wildman–Crippen MR) is 68.5 cm³/mol. The Morgan fingerprint density at radius 1 is 1.42 bits per heavy atom. The molecule has 0 amide bonds. The molecule has 1 aromatic heterocycles. The molecule has 4 unspecified atom stereocenters. The van der Waals surface area contributed by atoms with Crippen LogP contribution in [-0.4, -0.2) is 19.1 Å². The molecule has 102 valence electrons. The van der Waals surface area contributed by atoms with Crippen LogP contribution in [0, 0.1) is 23.7 Å². The van der Waals surface area contributed by atoms with Crippen LogP contribution in [0.25, 0.3) is 0 Å². The number of nitrogens with one attached hydrogen (secondary N) is 1. The molecule has 3 saturated carbocycles. The maximum Gasteiger partial charge on any atom is 0.374 e. The lowest BCUT2D eigenvalue weighted by molar-refractivity contribution is 0.0563. The van der Waals surface area contributed by atoms with Crippen molar-refractivity contribution < 1.29 is 13.9 Å². The fourth-order valence-corrected chi connectivity index (χ4v) is 4.57. The Labute approximate surface area is 112 Å². The van der Waals surface area contributed by atoms with Gasteiger partial charge >= 0.3 is 5.97 Å². The van der Waals surface area contributed by atoms with E-state index in [0.717, 1.165) is 29.2 Å². The van der Waals surface area contributed by atoms with E-state index in [9.17, 15) is 4.79 Å². The molecule has 3 aliphatic rings. The van der Waals surface area contributed by atoms with Gasteiger partial charge in [0, 0.05) is 18.2 Å². The van der Waals surface area contributed by atoms with E-state index in [4.69, 9.17) is 9.15 Å². The molecule has 0 radical (unpaired) electrons. The standard InChI is InChI=1S/C15H19NO3/c1-18-15(17)14-10(4-5-19-14)7-16-13-11-8-2-3-9(6-8)12(11)13/h4-5,8-9,11-13,16H,2-3,6-7H2,1H3. The minimum atomic E-state index is -0.391. The number of carbonyl (C=O) groups excluding carboxylic acids is 1. The third kappa shape index (κ3) is 1.66. The van der Waals surface area contributed by atoms with E-state index in [-0.39, 0.29) is 0 Å². The summed E-state index contributed by atoms with van der Waals surface area (Å²) in [6.45, 7) is 0.706. The molecular weight excluding hydrogens is 242 g/mol. The first-order valence-electron chi connectivity index (χ1n) is 7.17. The van der Waals surface area contributed by atoms with Gasteiger partial charge in [-0.15, -0.1) is 0 Å². The van der Waals surface area contributed by atoms with E-state index in [1.54, 1.807) is 6.26 Å². The lowest BCUT2D eigenvalue weighted by Crippen LogP contribution is -2.23. The van der Waals surface area contributed by atoms with E-state index in [1.807, 2.05) is 6.07 Å². The number of furan rings is 1. The molecule has 4 nitrogen and oxygen atoms in total. The molecule has 4 rings (SSSR count). The van der Waals surface area contributed by atoms with Crippen LogP contribution >= 0.6 is 0 Å². The molecule has 1 N–H and O–H groups in total. The van der Waals surface area contributed by atoms with Gasteiger partial charge < -0.3 is 14.5 Å². The van der Waals surface area contributed by atoms with Crippen LogP contribution in [-0.2, 0) is 11.3 Å². The minimum Gasteiger partial charge on any atom is -0.463 e. The van der Waals surface area contributed by atoms with Crippen molar-refractivity contribution in [2.75, 3.05) is 7.11 Å². The number of methoxy groups -OCH3 is 1. The van der Waals surface area contributed by atoms with Crippen LogP contribution in [0.4, 0.5) is 0 Å². The molecule has 0 saturated heterocycles. The Kier molecular flexibility index (Phi) is 2.49. The molecule has 1 aromatic rings. The van der Waals surface area contributed by atoms with Crippen molar-refractivity contribution >= 4 is 5.97 Å². The molecule has 0 aromatic carbocycles. The number of fused-ring (bicyclic) bond motifs is 5. The van der Waals surface area contributed by atoms with E-state index >= 15 is 0 Å². The van der Waals surface area contributed by atoms with Crippen molar-refractivity contribution in [2.45, 2.75) is 31.8 Å². The number of ether oxygens (including phenoxy) is 1. The summed E-state index contributed by atoms with van der Waals surface area (Å²) in [5, 5.41) is 3.61. The van der Waals surface area contributed by atoms with Crippen molar-refractivity contribution in [3.8, 4) is 0 Å². The fourth-order valence-electron chi connectivity index (χ4n) is 4.57. The zero-order valence-electron chi connectivity index (χ0n) is 11.1. The van der Waals surface area contributed by atoms with Crippen molar-refractivity contribution in [3.05, 3.63) is 23.7 Å². The Bertz CT molecular complexity index is 493. The summed E-state index contributed by atoms with van der Waals surface area (Å²) in [6, 6.07) is 2.53. The van der Waals surface area contributed by atoms with Crippen LogP contribution in [0.5, 0.6) is 0 Å². The van der Waals surface area contributed by atoms with Gasteiger partial charge in [-0.1, -0.05) is 0 Å². The predicted octanol–water partition coefficient (Wildman–Crippen LogP) is 2.20. The molecule has 19 heavy (non-hydrogen) atoms. The Balaban J connectivity index is 1.39. The number of carbonyl (C=O) groups is 1. The molecule has 2 bridgehead atoms. The van der Waals surface area contributed by atoms with Gasteiger partial charge in [0.25, 0.3) is 0 Å². The summed E-state index contributed by atoms with van der Waals surface area (Å²) in [7, 11) is 1.38. The average molecular weight is 261 g/mol. The van der Waals surface area contributed by atoms with Gasteiger partial charge in [-0.25, -0.2) is 4.79 Å². The molecule has 4 atom stereocenters. The first-order valence-corrected chi connectivity index (χ1v) is 7.17. The topological polar surface area (TPSA) is 51.5 Å². The van der Waals surface area contributed by atoms with Gasteiger partial charge in [0.2, 0.25) is 5.76 Å². The van der Waals surface area contributed by atoms with E-state index in [0.29, 0.717) is 18.3 Å². The summed E-state index contributed by atoms with van der Waals surface area (Å²) >= 11 is 0. The van der Waals surface area contributed by atoms with Crippen LogP contribution in [0.2, 0.25) is 0 Å². The van der Waals surface area contributed by atoms with E-state index < -0.39 is 5.97 Å². The van der Waals surface area contributed by atoms with Crippen molar-refractivity contribution in [2.24, 2.45) is 23.7 Å². The number of rotatable bonds is 4. The smallest absolute Gasteiger partial charge is 0.374 e. The number of hydrogen-bond donors (Lipinski definition) is 1. The van der Waals surface area contributed by atoms with Gasteiger partial charge in [-0.2, -0.15) is 0 Å². The lowest BCUT2D eigenvalue weighted by atomic mass is 10.0. The molecule has 1 heterocycles. The van der Waals surface area contributed by atoms with Gasteiger partial charge in [-0.05, 0) is 49.0 Å². The zero-order valence-corrected chi connectivity index (χ0v) is 11.1. The summed E-state index contributed by atoms with van der Waals surface area (Å²) in [4.78, 5) is 11.5. The maximum absolute atomic E-state index is 11.5. The monoisotopic (exact) mass is 261 g/mol. The van der Waals surface area contributed by atoms with Crippen LogP contribution in [0.15, 0.2) is 16.7 Å². The third-order valence-electron chi connectivity index (χ3n) is 5.38. The normalized spacial score (nSPS) is 38.3. The second-order valence-electron chi connectivity index (χ2n) is 6.16. The highest BCUT2D eigenvalue weighted by Crippen LogP contribution is 2.65. The van der Waals surface area contributed by atoms with Crippen LogP contribution in [0.3, 0.4) is 0 Å². The Morgan fingerprint density at radius 2 is 2.16 bits per heavy atom. The largest absolute Gasteiger partial charge is 0.463 e. The highest BCUT2D eigenvalue weighted by Gasteiger charge is 2.64. The summed E-state index contributed by atoms with van der Waals surface area (Å²) < 4.78 is 9.92. The van der Waals surface area contributed by atoms with Crippen molar-refractivity contribution in [1.82, 2.24) is 5.32 Å². The summed E-state index contributed by atoms with van der Waals surface area (Å²) in [6.07, 6.45) is 5.89. The van der Waals surface area contributed by atoms with Gasteiger partial charge in [0.05, 0.1) is 13.4 Å². The number of esters is 1. The molecule has 3 aliphatic carbocycles. The third-order valence-corrected chi connectivity index (χ3v) is 5.38. The summed E-state index contributed by atoms with van der Waals surface area (Å²) in [5.41, 5.74) is 0.907. The quantitative estimate of drug-likeness (QED) is 0.844. The molecule has 0 spiro atoms. The first-order chi connectivity index (χ1) is 9.29. The van der Waals surface area contributed by atoms with Crippen molar-refractivity contribution in [3.63, 3.8) is 0 Å². The molecule has 3 fully saturated rings. The lowest BCUT2D eigenvalue weighted by Gasteiger charge is -2.10. The molecular formula is C15H19NO3. The van der Waals surface area contributed by atoms with Crippen LogP contribution in [0.1, 0.15) is 35.4 Å². The minimum absolute atomic E-state index is 0.337. The Morgan fingerprint density at radius 3 is 2.84 bits per heavy atom. The van der Waals surface area contributed by atoms with Gasteiger partial charge in [0.1, 0.15) is 0 Å².